The van der Waals surface area contributed by atoms with Crippen molar-refractivity contribution in [2.75, 3.05) is 19.5 Å². The van der Waals surface area contributed by atoms with Crippen molar-refractivity contribution in [3.63, 3.8) is 0 Å². The Morgan fingerprint density at radius 1 is 1.15 bits per heavy atom. The lowest BCUT2D eigenvalue weighted by Gasteiger charge is -2.12. The van der Waals surface area contributed by atoms with Crippen molar-refractivity contribution in [3.05, 3.63) is 66.2 Å². The highest BCUT2D eigenvalue weighted by Crippen LogP contribution is 2.31. The Hall–Kier alpha value is -3.48. The van der Waals surface area contributed by atoms with Gasteiger partial charge in [0, 0.05) is 17.8 Å². The number of anilines is 2. The molecule has 134 valence electrons. The van der Waals surface area contributed by atoms with Gasteiger partial charge < -0.3 is 24.5 Å². The number of pyridine rings is 1. The standard InChI is InChI=1S/C19H19N3O4/c1-24-14-5-6-16(17(11-14)25-2)22-18-10-13(7-8-20-18)19(23)21-12-15-4-3-9-26-15/h3-11H,12H2,1-2H3,(H,20,22)(H,21,23). The molecule has 0 atom stereocenters. The third-order valence-electron chi connectivity index (χ3n) is 3.70. The molecule has 0 bridgehead atoms. The zero-order valence-corrected chi connectivity index (χ0v) is 14.5. The van der Waals surface area contributed by atoms with E-state index in [0.717, 1.165) is 0 Å². The predicted octanol–water partition coefficient (Wildman–Crippen LogP) is 3.37. The monoisotopic (exact) mass is 353 g/mol. The minimum absolute atomic E-state index is 0.214. The summed E-state index contributed by atoms with van der Waals surface area (Å²) >= 11 is 0. The fraction of sp³-hybridized carbons (Fsp3) is 0.158. The first kappa shape index (κ1) is 17.3. The van der Waals surface area contributed by atoms with Crippen LogP contribution in [0.25, 0.3) is 0 Å². The van der Waals surface area contributed by atoms with E-state index in [4.69, 9.17) is 13.9 Å². The third-order valence-corrected chi connectivity index (χ3v) is 3.70. The number of carbonyl (C=O) groups is 1. The molecule has 0 aliphatic heterocycles. The van der Waals surface area contributed by atoms with Crippen LogP contribution in [-0.4, -0.2) is 25.1 Å². The lowest BCUT2D eigenvalue weighted by Crippen LogP contribution is -2.22. The average Bonchev–Trinajstić information content (AvgIpc) is 3.20. The lowest BCUT2D eigenvalue weighted by atomic mass is 10.2. The van der Waals surface area contributed by atoms with Crippen LogP contribution in [0.2, 0.25) is 0 Å². The molecule has 2 aromatic heterocycles. The average molecular weight is 353 g/mol. The first-order valence-electron chi connectivity index (χ1n) is 7.95. The smallest absolute Gasteiger partial charge is 0.251 e. The zero-order chi connectivity index (χ0) is 18.4. The number of aromatic nitrogens is 1. The molecule has 0 unspecified atom stereocenters. The van der Waals surface area contributed by atoms with Gasteiger partial charge in [0.25, 0.3) is 5.91 Å². The summed E-state index contributed by atoms with van der Waals surface area (Å²) in [4.78, 5) is 16.6. The molecule has 0 aliphatic rings. The maximum absolute atomic E-state index is 12.3. The summed E-state index contributed by atoms with van der Waals surface area (Å²) in [5.74, 6) is 2.30. The minimum atomic E-state index is -0.214. The number of benzene rings is 1. The van der Waals surface area contributed by atoms with Gasteiger partial charge in [-0.2, -0.15) is 0 Å². The number of nitrogens with one attached hydrogen (secondary N) is 2. The van der Waals surface area contributed by atoms with Crippen molar-refractivity contribution < 1.29 is 18.7 Å². The molecule has 0 spiro atoms. The van der Waals surface area contributed by atoms with Crippen LogP contribution in [0.1, 0.15) is 16.1 Å². The molecule has 2 N–H and O–H groups in total. The number of carbonyl (C=O) groups excluding carboxylic acids is 1. The van der Waals surface area contributed by atoms with E-state index < -0.39 is 0 Å². The van der Waals surface area contributed by atoms with Crippen LogP contribution in [0.5, 0.6) is 11.5 Å². The second kappa shape index (κ2) is 8.06. The number of amides is 1. The second-order valence-corrected chi connectivity index (χ2v) is 5.38. The Bertz CT molecular complexity index is 878. The fourth-order valence-corrected chi connectivity index (χ4v) is 2.36. The number of rotatable bonds is 7. The van der Waals surface area contributed by atoms with E-state index in [-0.39, 0.29) is 5.91 Å². The van der Waals surface area contributed by atoms with Crippen molar-refractivity contribution in [2.45, 2.75) is 6.54 Å². The number of furan rings is 1. The van der Waals surface area contributed by atoms with Gasteiger partial charge >= 0.3 is 0 Å². The number of ether oxygens (including phenoxy) is 2. The van der Waals surface area contributed by atoms with Crippen molar-refractivity contribution in [3.8, 4) is 11.5 Å². The van der Waals surface area contributed by atoms with Crippen molar-refractivity contribution in [1.29, 1.82) is 0 Å². The molecule has 1 amide bonds. The summed E-state index contributed by atoms with van der Waals surface area (Å²) in [6, 6.07) is 12.3. The van der Waals surface area contributed by atoms with Crippen molar-refractivity contribution in [2.24, 2.45) is 0 Å². The van der Waals surface area contributed by atoms with Crippen LogP contribution >= 0.6 is 0 Å². The second-order valence-electron chi connectivity index (χ2n) is 5.38. The first-order chi connectivity index (χ1) is 12.7. The van der Waals surface area contributed by atoms with Gasteiger partial charge in [-0.1, -0.05) is 0 Å². The molecule has 0 aliphatic carbocycles. The van der Waals surface area contributed by atoms with E-state index in [0.29, 0.717) is 40.9 Å². The summed E-state index contributed by atoms with van der Waals surface area (Å²) in [6.45, 7) is 0.323. The molecule has 0 fully saturated rings. The van der Waals surface area contributed by atoms with Crippen LogP contribution in [0.15, 0.2) is 59.3 Å². The van der Waals surface area contributed by atoms with Crippen LogP contribution < -0.4 is 20.1 Å². The Kier molecular flexibility index (Phi) is 5.38. The number of hydrogen-bond donors (Lipinski definition) is 2. The van der Waals surface area contributed by atoms with Gasteiger partial charge in [-0.25, -0.2) is 4.98 Å². The molecule has 0 saturated carbocycles. The van der Waals surface area contributed by atoms with Gasteiger partial charge in [0.1, 0.15) is 23.1 Å². The topological polar surface area (TPSA) is 85.6 Å². The first-order valence-corrected chi connectivity index (χ1v) is 7.95. The van der Waals surface area contributed by atoms with Gasteiger partial charge in [-0.15, -0.1) is 0 Å². The van der Waals surface area contributed by atoms with Gasteiger partial charge in [-0.05, 0) is 36.4 Å². The highest BCUT2D eigenvalue weighted by Gasteiger charge is 2.10. The maximum atomic E-state index is 12.3. The van der Waals surface area contributed by atoms with E-state index >= 15 is 0 Å². The van der Waals surface area contributed by atoms with Gasteiger partial charge in [0.2, 0.25) is 0 Å². The summed E-state index contributed by atoms with van der Waals surface area (Å²) in [7, 11) is 3.17. The molecule has 7 heteroatoms. The van der Waals surface area contributed by atoms with E-state index in [1.54, 1.807) is 57.0 Å². The van der Waals surface area contributed by atoms with Gasteiger partial charge in [-0.3, -0.25) is 4.79 Å². The van der Waals surface area contributed by atoms with E-state index in [9.17, 15) is 4.79 Å². The van der Waals surface area contributed by atoms with Crippen LogP contribution in [0.3, 0.4) is 0 Å². The molecule has 2 heterocycles. The summed E-state index contributed by atoms with van der Waals surface area (Å²) in [6.07, 6.45) is 3.14. The molecule has 26 heavy (non-hydrogen) atoms. The van der Waals surface area contributed by atoms with Crippen LogP contribution in [0.4, 0.5) is 11.5 Å². The van der Waals surface area contributed by atoms with Crippen molar-refractivity contribution >= 4 is 17.4 Å². The normalized spacial score (nSPS) is 10.2. The molecule has 0 saturated heterocycles. The Morgan fingerprint density at radius 2 is 2.04 bits per heavy atom. The summed E-state index contributed by atoms with van der Waals surface area (Å²) in [5.41, 5.74) is 1.20. The number of hydrogen-bond acceptors (Lipinski definition) is 6. The van der Waals surface area contributed by atoms with Gasteiger partial charge in [0.05, 0.1) is 32.7 Å². The largest absolute Gasteiger partial charge is 0.497 e. The zero-order valence-electron chi connectivity index (χ0n) is 14.5. The van der Waals surface area contributed by atoms with Crippen LogP contribution in [-0.2, 0) is 6.54 Å². The highest BCUT2D eigenvalue weighted by atomic mass is 16.5. The van der Waals surface area contributed by atoms with Crippen LogP contribution in [0, 0.1) is 0 Å². The van der Waals surface area contributed by atoms with Gasteiger partial charge in [0.15, 0.2) is 0 Å². The number of nitrogens with zero attached hydrogens (tertiary/aromatic N) is 1. The highest BCUT2D eigenvalue weighted by molar-refractivity contribution is 5.94. The quantitative estimate of drug-likeness (QED) is 0.677. The maximum Gasteiger partial charge on any atom is 0.251 e. The molecular weight excluding hydrogens is 334 g/mol. The summed E-state index contributed by atoms with van der Waals surface area (Å²) in [5, 5.41) is 5.95. The van der Waals surface area contributed by atoms with E-state index in [1.807, 2.05) is 12.1 Å². The SMILES string of the molecule is COc1ccc(Nc2cc(C(=O)NCc3ccco3)ccn2)c(OC)c1. The fourth-order valence-electron chi connectivity index (χ4n) is 2.36. The Balaban J connectivity index is 1.72. The molecule has 3 rings (SSSR count). The minimum Gasteiger partial charge on any atom is -0.497 e. The molecule has 0 radical (unpaired) electrons. The molecule has 7 nitrogen and oxygen atoms in total. The molecule has 3 aromatic rings. The van der Waals surface area contributed by atoms with Crippen molar-refractivity contribution in [1.82, 2.24) is 10.3 Å². The Labute approximate surface area is 151 Å². The summed E-state index contributed by atoms with van der Waals surface area (Å²) < 4.78 is 15.7. The lowest BCUT2D eigenvalue weighted by molar-refractivity contribution is 0.0948. The van der Waals surface area contributed by atoms with E-state index in [1.165, 1.54) is 0 Å². The Morgan fingerprint density at radius 3 is 2.77 bits per heavy atom. The molecule has 1 aromatic carbocycles. The number of methoxy groups -OCH3 is 2. The van der Waals surface area contributed by atoms with E-state index in [2.05, 4.69) is 15.6 Å². The third kappa shape index (κ3) is 4.13. The molecular formula is C19H19N3O4. The predicted molar refractivity (Wildman–Crippen MR) is 96.9 cm³/mol.